The molecule has 0 saturated carbocycles. The van der Waals surface area contributed by atoms with Crippen molar-refractivity contribution in [2.75, 3.05) is 31.5 Å². The molecular formula is C26H30N6. The Bertz CT molecular complexity index is 1190. The van der Waals surface area contributed by atoms with Crippen molar-refractivity contribution in [3.63, 3.8) is 0 Å². The summed E-state index contributed by atoms with van der Waals surface area (Å²) < 4.78 is 2.10. The van der Waals surface area contributed by atoms with Crippen LogP contribution in [0.1, 0.15) is 31.4 Å². The van der Waals surface area contributed by atoms with E-state index in [9.17, 15) is 0 Å². The van der Waals surface area contributed by atoms with Gasteiger partial charge in [0.2, 0.25) is 0 Å². The number of rotatable bonds is 7. The van der Waals surface area contributed by atoms with Crippen LogP contribution in [0, 0.1) is 6.92 Å². The summed E-state index contributed by atoms with van der Waals surface area (Å²) in [7, 11) is 0. The number of anilines is 1. The molecule has 5 rings (SSSR count). The van der Waals surface area contributed by atoms with Crippen LogP contribution in [-0.4, -0.2) is 50.4 Å². The number of fused-ring (bicyclic) bond motifs is 1. The van der Waals surface area contributed by atoms with Crippen molar-refractivity contribution in [3.05, 3.63) is 66.5 Å². The van der Waals surface area contributed by atoms with Gasteiger partial charge in [0, 0.05) is 18.4 Å². The Balaban J connectivity index is 1.40. The number of imidazole rings is 1. The Labute approximate surface area is 189 Å². The third-order valence-corrected chi connectivity index (χ3v) is 6.06. The number of hydrogen-bond acceptors (Lipinski definition) is 5. The molecule has 32 heavy (non-hydrogen) atoms. The fraction of sp³-hybridized carbons (Fsp3) is 0.346. The summed E-state index contributed by atoms with van der Waals surface area (Å²) in [6, 6.07) is 18.2. The van der Waals surface area contributed by atoms with Crippen molar-refractivity contribution in [2.45, 2.75) is 32.6 Å². The van der Waals surface area contributed by atoms with E-state index in [1.54, 1.807) is 0 Å². The van der Waals surface area contributed by atoms with Crippen molar-refractivity contribution in [3.8, 4) is 22.8 Å². The fourth-order valence-corrected chi connectivity index (χ4v) is 4.46. The Morgan fingerprint density at radius 3 is 2.56 bits per heavy atom. The van der Waals surface area contributed by atoms with Crippen LogP contribution in [0.25, 0.3) is 28.4 Å². The molecule has 0 aliphatic carbocycles. The van der Waals surface area contributed by atoms with E-state index in [-0.39, 0.29) is 0 Å². The maximum Gasteiger partial charge on any atom is 0.138 e. The molecule has 1 fully saturated rings. The lowest BCUT2D eigenvalue weighted by atomic mass is 10.1. The Morgan fingerprint density at radius 2 is 1.69 bits per heavy atom. The molecule has 0 atom stereocenters. The molecule has 0 amide bonds. The Kier molecular flexibility index (Phi) is 6.12. The zero-order chi connectivity index (χ0) is 21.8. The first-order chi connectivity index (χ1) is 15.8. The number of nitrogens with one attached hydrogen (secondary N) is 1. The maximum absolute atomic E-state index is 4.94. The number of nitrogens with zero attached hydrogens (tertiary/aromatic N) is 5. The van der Waals surface area contributed by atoms with Gasteiger partial charge in [-0.15, -0.1) is 0 Å². The number of aryl methyl sites for hydroxylation is 1. The number of likely N-dealkylation sites (tertiary alicyclic amines) is 1. The highest BCUT2D eigenvalue weighted by Gasteiger charge is 2.18. The molecule has 1 saturated heterocycles. The van der Waals surface area contributed by atoms with Gasteiger partial charge in [-0.25, -0.2) is 9.97 Å². The number of aromatic nitrogens is 4. The van der Waals surface area contributed by atoms with Gasteiger partial charge < -0.3 is 10.2 Å². The predicted octanol–water partition coefficient (Wildman–Crippen LogP) is 5.05. The van der Waals surface area contributed by atoms with E-state index in [0.717, 1.165) is 59.4 Å². The molecule has 1 aliphatic heterocycles. The van der Waals surface area contributed by atoms with Crippen LogP contribution in [0.2, 0.25) is 0 Å². The lowest BCUT2D eigenvalue weighted by Crippen LogP contribution is -2.31. The second-order valence-electron chi connectivity index (χ2n) is 8.49. The molecule has 4 aromatic heterocycles. The summed E-state index contributed by atoms with van der Waals surface area (Å²) in [6.07, 6.45) is 7.23. The van der Waals surface area contributed by atoms with Crippen LogP contribution in [0.15, 0.2) is 60.8 Å². The van der Waals surface area contributed by atoms with E-state index in [0.29, 0.717) is 0 Å². The third-order valence-electron chi connectivity index (χ3n) is 6.06. The normalized spacial score (nSPS) is 14.7. The quantitative estimate of drug-likeness (QED) is 0.419. The van der Waals surface area contributed by atoms with Crippen molar-refractivity contribution in [1.82, 2.24) is 24.3 Å². The van der Waals surface area contributed by atoms with Gasteiger partial charge >= 0.3 is 0 Å². The van der Waals surface area contributed by atoms with Crippen molar-refractivity contribution in [2.24, 2.45) is 0 Å². The molecular weight excluding hydrogens is 396 g/mol. The van der Waals surface area contributed by atoms with Gasteiger partial charge in [0.1, 0.15) is 22.9 Å². The van der Waals surface area contributed by atoms with Gasteiger partial charge in [-0.05, 0) is 82.2 Å². The summed E-state index contributed by atoms with van der Waals surface area (Å²) in [5.41, 5.74) is 5.45. The molecule has 0 radical (unpaired) electrons. The highest BCUT2D eigenvalue weighted by atomic mass is 15.1. The van der Waals surface area contributed by atoms with Crippen LogP contribution in [0.4, 0.5) is 5.82 Å². The lowest BCUT2D eigenvalue weighted by molar-refractivity contribution is 0.228. The van der Waals surface area contributed by atoms with Crippen LogP contribution in [0.3, 0.4) is 0 Å². The zero-order valence-electron chi connectivity index (χ0n) is 18.7. The lowest BCUT2D eigenvalue weighted by Gasteiger charge is -2.26. The van der Waals surface area contributed by atoms with Crippen molar-refractivity contribution >= 4 is 11.5 Å². The summed E-state index contributed by atoms with van der Waals surface area (Å²) in [5, 5.41) is 3.52. The van der Waals surface area contributed by atoms with Gasteiger partial charge in [-0.3, -0.25) is 9.38 Å². The smallest absolute Gasteiger partial charge is 0.138 e. The molecule has 6 nitrogen and oxygen atoms in total. The summed E-state index contributed by atoms with van der Waals surface area (Å²) in [5.74, 6) is 0.898. The van der Waals surface area contributed by atoms with Crippen LogP contribution >= 0.6 is 0 Å². The van der Waals surface area contributed by atoms with Gasteiger partial charge in [-0.1, -0.05) is 24.6 Å². The maximum atomic E-state index is 4.94. The molecule has 4 aromatic rings. The SMILES string of the molecule is Cc1cccc(-c2nc3ccccn3c2-c2cccc(NCCCN3CCCCC3)n2)n1. The standard InChI is InChI=1S/C26H30N6/c1-20-10-7-11-21(28-20)25-26(32-19-6-3-14-24(32)30-25)22-12-8-13-23(29-22)27-15-9-18-31-16-4-2-5-17-31/h3,6-8,10-14,19H,2,4-5,9,15-18H2,1H3,(H,27,29). The fourth-order valence-electron chi connectivity index (χ4n) is 4.46. The average molecular weight is 427 g/mol. The minimum atomic E-state index is 0.856. The van der Waals surface area contributed by atoms with Crippen LogP contribution in [-0.2, 0) is 0 Å². The van der Waals surface area contributed by atoms with Gasteiger partial charge in [-0.2, -0.15) is 0 Å². The number of hydrogen-bond donors (Lipinski definition) is 1. The minimum Gasteiger partial charge on any atom is -0.370 e. The number of pyridine rings is 3. The summed E-state index contributed by atoms with van der Waals surface area (Å²) in [4.78, 5) is 17.1. The topological polar surface area (TPSA) is 58.4 Å². The van der Waals surface area contributed by atoms with E-state index in [4.69, 9.17) is 15.0 Å². The Hall–Kier alpha value is -3.25. The second-order valence-corrected chi connectivity index (χ2v) is 8.49. The van der Waals surface area contributed by atoms with E-state index in [1.165, 1.54) is 32.4 Å². The van der Waals surface area contributed by atoms with Crippen LogP contribution < -0.4 is 5.32 Å². The molecule has 164 valence electrons. The Morgan fingerprint density at radius 1 is 0.844 bits per heavy atom. The van der Waals surface area contributed by atoms with E-state index >= 15 is 0 Å². The largest absolute Gasteiger partial charge is 0.370 e. The summed E-state index contributed by atoms with van der Waals surface area (Å²) in [6.45, 7) is 6.58. The molecule has 0 unspecified atom stereocenters. The minimum absolute atomic E-state index is 0.856. The van der Waals surface area contributed by atoms with E-state index < -0.39 is 0 Å². The third kappa shape index (κ3) is 4.50. The van der Waals surface area contributed by atoms with Gasteiger partial charge in [0.15, 0.2) is 0 Å². The molecule has 0 bridgehead atoms. The monoisotopic (exact) mass is 426 g/mol. The molecule has 0 spiro atoms. The first-order valence-electron chi connectivity index (χ1n) is 11.6. The van der Waals surface area contributed by atoms with Crippen molar-refractivity contribution in [1.29, 1.82) is 0 Å². The average Bonchev–Trinajstić information content (AvgIpc) is 3.23. The molecule has 1 aliphatic rings. The molecule has 0 aromatic carbocycles. The number of piperidine rings is 1. The van der Waals surface area contributed by atoms with Gasteiger partial charge in [0.25, 0.3) is 0 Å². The van der Waals surface area contributed by atoms with E-state index in [1.807, 2.05) is 55.6 Å². The predicted molar refractivity (Wildman–Crippen MR) is 130 cm³/mol. The first-order valence-corrected chi connectivity index (χ1v) is 11.6. The van der Waals surface area contributed by atoms with E-state index in [2.05, 4.69) is 26.8 Å². The molecule has 1 N–H and O–H groups in total. The zero-order valence-corrected chi connectivity index (χ0v) is 18.7. The summed E-state index contributed by atoms with van der Waals surface area (Å²) >= 11 is 0. The molecule has 6 heteroatoms. The first kappa shape index (κ1) is 20.6. The second kappa shape index (κ2) is 9.49. The highest BCUT2D eigenvalue weighted by molar-refractivity contribution is 5.79. The van der Waals surface area contributed by atoms with Gasteiger partial charge in [0.05, 0.1) is 11.4 Å². The molecule has 5 heterocycles. The highest BCUT2D eigenvalue weighted by Crippen LogP contribution is 2.31. The van der Waals surface area contributed by atoms with Crippen LogP contribution in [0.5, 0.6) is 0 Å². The van der Waals surface area contributed by atoms with Crippen molar-refractivity contribution < 1.29 is 0 Å².